The summed E-state index contributed by atoms with van der Waals surface area (Å²) in [4.78, 5) is 4.86. The van der Waals surface area contributed by atoms with E-state index in [1.807, 2.05) is 0 Å². The fraction of sp³-hybridized carbons (Fsp3) is 0.0411. The monoisotopic (exact) mass is 956 g/mol. The molecule has 1 atom stereocenters. The van der Waals surface area contributed by atoms with Crippen molar-refractivity contribution in [3.63, 3.8) is 0 Å². The predicted octanol–water partition coefficient (Wildman–Crippen LogP) is 18.7. The molecule has 11 aromatic rings. The molecule has 0 radical (unpaired) electrons. The van der Waals surface area contributed by atoms with Gasteiger partial charge in [0.1, 0.15) is 0 Å². The average molecular weight is 957 g/mol. The summed E-state index contributed by atoms with van der Waals surface area (Å²) in [6, 6.07) is 100. The van der Waals surface area contributed by atoms with Crippen molar-refractivity contribution in [1.82, 2.24) is 0 Å². The Labute approximate surface area is 439 Å². The molecule has 0 fully saturated rings. The maximum Gasteiger partial charge on any atom is 0.0727 e. The molecular formula is C73H52N2. The summed E-state index contributed by atoms with van der Waals surface area (Å²) < 4.78 is 0. The lowest BCUT2D eigenvalue weighted by Gasteiger charge is -2.36. The maximum atomic E-state index is 5.14. The number of benzene rings is 11. The second-order valence-corrected chi connectivity index (χ2v) is 19.9. The smallest absolute Gasteiger partial charge is 0.0727 e. The number of nitrogens with zero attached hydrogens (tertiary/aromatic N) is 2. The van der Waals surface area contributed by atoms with Crippen LogP contribution in [-0.4, -0.2) is 0 Å². The molecule has 0 saturated heterocycles. The van der Waals surface area contributed by atoms with Crippen molar-refractivity contribution in [3.05, 3.63) is 347 Å². The number of fused-ring (bicyclic) bond motifs is 13. The first kappa shape index (κ1) is 44.2. The highest BCUT2D eigenvalue weighted by Crippen LogP contribution is 2.67. The number of anilines is 5. The topological polar surface area (TPSA) is 6.48 Å². The number of para-hydroxylation sites is 3. The van der Waals surface area contributed by atoms with Gasteiger partial charge in [-0.1, -0.05) is 237 Å². The van der Waals surface area contributed by atoms with Gasteiger partial charge in [0.05, 0.1) is 22.2 Å². The van der Waals surface area contributed by atoms with Gasteiger partial charge in [-0.05, 0) is 139 Å². The van der Waals surface area contributed by atoms with Gasteiger partial charge in [0, 0.05) is 33.7 Å². The maximum absolute atomic E-state index is 5.14. The highest BCUT2D eigenvalue weighted by molar-refractivity contribution is 6.13. The first-order chi connectivity index (χ1) is 37.1. The molecule has 0 aromatic heterocycles. The van der Waals surface area contributed by atoms with Gasteiger partial charge in [0.2, 0.25) is 0 Å². The van der Waals surface area contributed by atoms with E-state index in [0.717, 1.165) is 34.1 Å². The molecule has 0 saturated carbocycles. The number of rotatable bonds is 9. The number of hydrogen-bond donors (Lipinski definition) is 0. The third-order valence-electron chi connectivity index (χ3n) is 16.2. The Morgan fingerprint density at radius 2 is 0.813 bits per heavy atom. The van der Waals surface area contributed by atoms with Gasteiger partial charge in [-0.25, -0.2) is 0 Å². The van der Waals surface area contributed by atoms with E-state index in [4.69, 9.17) is 6.58 Å². The second-order valence-electron chi connectivity index (χ2n) is 19.9. The summed E-state index contributed by atoms with van der Waals surface area (Å²) >= 11 is 0. The molecule has 2 heteroatoms. The van der Waals surface area contributed by atoms with E-state index >= 15 is 0 Å². The molecule has 0 amide bonds. The number of allylic oxidation sites excluding steroid dienone is 4. The van der Waals surface area contributed by atoms with Crippen LogP contribution in [0.4, 0.5) is 28.4 Å². The minimum Gasteiger partial charge on any atom is -0.310 e. The highest BCUT2D eigenvalue weighted by Gasteiger charge is 2.54. The average Bonchev–Trinajstić information content (AvgIpc) is 4.07. The van der Waals surface area contributed by atoms with E-state index in [-0.39, 0.29) is 0 Å². The Hall–Kier alpha value is -9.50. The summed E-state index contributed by atoms with van der Waals surface area (Å²) in [5.41, 5.74) is 22.5. The number of hydrogen-bond acceptors (Lipinski definition) is 2. The van der Waals surface area contributed by atoms with Crippen LogP contribution >= 0.6 is 0 Å². The van der Waals surface area contributed by atoms with Gasteiger partial charge >= 0.3 is 0 Å². The van der Waals surface area contributed by atoms with Crippen molar-refractivity contribution in [2.45, 2.75) is 17.8 Å². The van der Waals surface area contributed by atoms with Crippen molar-refractivity contribution < 1.29 is 0 Å². The van der Waals surface area contributed by atoms with Crippen molar-refractivity contribution in [1.29, 1.82) is 0 Å². The molecule has 75 heavy (non-hydrogen) atoms. The van der Waals surface area contributed by atoms with E-state index in [0.29, 0.717) is 0 Å². The van der Waals surface area contributed by atoms with Crippen molar-refractivity contribution in [2.24, 2.45) is 0 Å². The van der Waals surface area contributed by atoms with E-state index in [1.54, 1.807) is 0 Å². The van der Waals surface area contributed by atoms with Gasteiger partial charge in [0.15, 0.2) is 0 Å². The molecule has 14 rings (SSSR count). The lowest BCUT2D eigenvalue weighted by atomic mass is 9.67. The molecule has 0 aliphatic heterocycles. The normalized spacial score (nSPS) is 16.3. The Kier molecular flexibility index (Phi) is 10.4. The second kappa shape index (κ2) is 17.6. The van der Waals surface area contributed by atoms with Gasteiger partial charge in [-0.2, -0.15) is 0 Å². The van der Waals surface area contributed by atoms with Gasteiger partial charge in [-0.15, -0.1) is 0 Å². The van der Waals surface area contributed by atoms with Gasteiger partial charge in [-0.3, -0.25) is 0 Å². The van der Waals surface area contributed by atoms with Crippen LogP contribution in [0.5, 0.6) is 0 Å². The quantitative estimate of drug-likeness (QED) is 0.142. The van der Waals surface area contributed by atoms with Crippen molar-refractivity contribution in [2.75, 3.05) is 9.80 Å². The van der Waals surface area contributed by atoms with Crippen LogP contribution in [0.2, 0.25) is 0 Å². The van der Waals surface area contributed by atoms with E-state index < -0.39 is 10.8 Å². The summed E-state index contributed by atoms with van der Waals surface area (Å²) in [6.45, 7) is 7.31. The minimum absolute atomic E-state index is 0.618. The Morgan fingerprint density at radius 1 is 0.373 bits per heavy atom. The van der Waals surface area contributed by atoms with Crippen LogP contribution in [0.25, 0.3) is 38.6 Å². The molecule has 1 spiro atoms. The third kappa shape index (κ3) is 6.39. The van der Waals surface area contributed by atoms with Crippen LogP contribution in [0.15, 0.2) is 303 Å². The standard InChI is InChI=1S/C73H52N2/c1-3-56-57-38-21-24-43-62(57)72(51-28-9-4-10-29-51,52-30-11-5-12-31-52)66(56)48-50(2)74(53-32-13-6-14-33-53)68-47-27-46-65-71(68)61-42-23-26-45-64(61)73(65)63-44-25-22-41-60(63)70-59-40-20-19-39-58(59)69(49-67(70)73)75(54-34-15-7-16-35-54)55-36-17-8-18-37-55/h3-49H,2H2,1H3/b56-3-,66-48+. The SMILES string of the molecule is C=C(/C=C1\C(=C/C)c2ccccc2C1(c1ccccc1)c1ccccc1)N(c1ccccc1)c1cccc2c1-c1ccccc1C21c2ccccc2-c2c1cc(N(c1ccccc1)c1ccccc1)c1ccccc21. The first-order valence-corrected chi connectivity index (χ1v) is 26.1. The lowest BCUT2D eigenvalue weighted by Crippen LogP contribution is -2.29. The fourth-order valence-corrected chi connectivity index (χ4v) is 13.4. The predicted molar refractivity (Wildman–Crippen MR) is 314 cm³/mol. The van der Waals surface area contributed by atoms with E-state index in [9.17, 15) is 0 Å². The minimum atomic E-state index is -0.658. The Balaban J connectivity index is 1.05. The molecule has 0 heterocycles. The van der Waals surface area contributed by atoms with Crippen LogP contribution < -0.4 is 9.80 Å². The van der Waals surface area contributed by atoms with Crippen LogP contribution in [0.3, 0.4) is 0 Å². The van der Waals surface area contributed by atoms with Crippen LogP contribution in [0.1, 0.15) is 51.4 Å². The highest BCUT2D eigenvalue weighted by atomic mass is 15.2. The molecule has 3 aliphatic rings. The van der Waals surface area contributed by atoms with Gasteiger partial charge in [0.25, 0.3) is 0 Å². The van der Waals surface area contributed by atoms with Gasteiger partial charge < -0.3 is 9.80 Å². The van der Waals surface area contributed by atoms with E-state index in [2.05, 4.69) is 302 Å². The molecular weight excluding hydrogens is 905 g/mol. The zero-order chi connectivity index (χ0) is 50.1. The summed E-state index contributed by atoms with van der Waals surface area (Å²) in [5.74, 6) is 0. The fourth-order valence-electron chi connectivity index (χ4n) is 13.4. The van der Waals surface area contributed by atoms with Crippen LogP contribution in [-0.2, 0) is 10.8 Å². The zero-order valence-electron chi connectivity index (χ0n) is 41.7. The first-order valence-electron chi connectivity index (χ1n) is 26.1. The zero-order valence-corrected chi connectivity index (χ0v) is 41.7. The molecule has 11 aromatic carbocycles. The Morgan fingerprint density at radius 3 is 1.37 bits per heavy atom. The summed E-state index contributed by atoms with van der Waals surface area (Å²) in [5, 5.41) is 2.43. The van der Waals surface area contributed by atoms with E-state index in [1.165, 1.54) is 88.7 Å². The molecule has 2 nitrogen and oxygen atoms in total. The molecule has 1 unspecified atom stereocenters. The summed E-state index contributed by atoms with van der Waals surface area (Å²) in [7, 11) is 0. The molecule has 0 N–H and O–H groups in total. The lowest BCUT2D eigenvalue weighted by molar-refractivity contribution is 0.767. The molecule has 354 valence electrons. The van der Waals surface area contributed by atoms with Crippen molar-refractivity contribution in [3.8, 4) is 22.3 Å². The largest absolute Gasteiger partial charge is 0.310 e. The Bertz CT molecular complexity index is 4000. The molecule has 0 bridgehead atoms. The van der Waals surface area contributed by atoms with Crippen LogP contribution in [0, 0.1) is 0 Å². The molecule has 3 aliphatic carbocycles. The summed E-state index contributed by atoms with van der Waals surface area (Å²) in [6.07, 6.45) is 4.68. The van der Waals surface area contributed by atoms with Crippen molar-refractivity contribution >= 4 is 44.8 Å². The third-order valence-corrected chi connectivity index (χ3v) is 16.2.